The first-order valence-corrected chi connectivity index (χ1v) is 7.69. The Morgan fingerprint density at radius 2 is 1.00 bits per heavy atom. The Bertz CT molecular complexity index is 725. The zero-order valence-electron chi connectivity index (χ0n) is 12.2. The molecule has 3 nitrogen and oxygen atoms in total. The molecule has 4 aliphatic rings. The molecular formula is C19H15NO2. The molecule has 0 N–H and O–H groups in total. The highest BCUT2D eigenvalue weighted by molar-refractivity contribution is 6.07. The summed E-state index contributed by atoms with van der Waals surface area (Å²) in [6.07, 6.45) is 0. The van der Waals surface area contributed by atoms with Crippen molar-refractivity contribution in [1.82, 2.24) is 4.90 Å². The number of hydrogen-bond acceptors (Lipinski definition) is 2. The fourth-order valence-corrected chi connectivity index (χ4v) is 4.83. The lowest BCUT2D eigenvalue weighted by Gasteiger charge is -2.45. The second kappa shape index (κ2) is 3.86. The van der Waals surface area contributed by atoms with Crippen molar-refractivity contribution in [2.75, 3.05) is 7.05 Å². The van der Waals surface area contributed by atoms with Gasteiger partial charge in [-0.05, 0) is 22.3 Å². The van der Waals surface area contributed by atoms with Gasteiger partial charge in [-0.2, -0.15) is 0 Å². The fraction of sp³-hybridized carbons (Fsp3) is 0.263. The van der Waals surface area contributed by atoms with Crippen LogP contribution in [0.2, 0.25) is 0 Å². The van der Waals surface area contributed by atoms with Crippen molar-refractivity contribution >= 4 is 11.8 Å². The van der Waals surface area contributed by atoms with Crippen LogP contribution in [0.25, 0.3) is 0 Å². The number of imide groups is 1. The molecular weight excluding hydrogens is 274 g/mol. The van der Waals surface area contributed by atoms with E-state index in [1.807, 2.05) is 24.3 Å². The minimum atomic E-state index is -0.229. The predicted octanol–water partition coefficient (Wildman–Crippen LogP) is 2.51. The third kappa shape index (κ3) is 1.20. The van der Waals surface area contributed by atoms with E-state index in [4.69, 9.17) is 0 Å². The van der Waals surface area contributed by atoms with Crippen LogP contribution in [0.4, 0.5) is 0 Å². The lowest BCUT2D eigenvalue weighted by molar-refractivity contribution is -0.138. The van der Waals surface area contributed by atoms with Crippen LogP contribution in [0.1, 0.15) is 34.1 Å². The lowest BCUT2D eigenvalue weighted by atomic mass is 9.55. The van der Waals surface area contributed by atoms with E-state index in [1.54, 1.807) is 7.05 Å². The van der Waals surface area contributed by atoms with Gasteiger partial charge in [0.15, 0.2) is 0 Å². The molecule has 3 aliphatic carbocycles. The minimum Gasteiger partial charge on any atom is -0.285 e. The van der Waals surface area contributed by atoms with Crippen molar-refractivity contribution in [3.63, 3.8) is 0 Å². The Balaban J connectivity index is 1.86. The highest BCUT2D eigenvalue weighted by Gasteiger charge is 2.60. The molecule has 0 spiro atoms. The molecule has 3 heteroatoms. The minimum absolute atomic E-state index is 0.0174. The molecule has 1 aliphatic heterocycles. The number of nitrogens with zero attached hydrogens (tertiary/aromatic N) is 1. The van der Waals surface area contributed by atoms with Crippen LogP contribution in [-0.4, -0.2) is 23.8 Å². The van der Waals surface area contributed by atoms with Crippen LogP contribution in [0.5, 0.6) is 0 Å². The highest BCUT2D eigenvalue weighted by Crippen LogP contribution is 2.60. The number of benzene rings is 2. The third-order valence-corrected chi connectivity index (χ3v) is 5.67. The molecule has 2 atom stereocenters. The summed E-state index contributed by atoms with van der Waals surface area (Å²) in [6.45, 7) is 0. The maximum Gasteiger partial charge on any atom is 0.233 e. The molecule has 0 radical (unpaired) electrons. The van der Waals surface area contributed by atoms with Crippen LogP contribution in [0.3, 0.4) is 0 Å². The maximum absolute atomic E-state index is 12.7. The van der Waals surface area contributed by atoms with Crippen molar-refractivity contribution in [2.24, 2.45) is 11.8 Å². The van der Waals surface area contributed by atoms with Crippen LogP contribution >= 0.6 is 0 Å². The van der Waals surface area contributed by atoms with Crippen molar-refractivity contribution in [3.05, 3.63) is 70.8 Å². The number of amides is 2. The molecule has 1 saturated heterocycles. The van der Waals surface area contributed by atoms with Crippen LogP contribution in [0, 0.1) is 11.8 Å². The molecule has 0 unspecified atom stereocenters. The zero-order valence-corrected chi connectivity index (χ0v) is 12.2. The fourth-order valence-electron chi connectivity index (χ4n) is 4.83. The Morgan fingerprint density at radius 1 is 0.682 bits per heavy atom. The van der Waals surface area contributed by atoms with E-state index in [1.165, 1.54) is 27.2 Å². The molecule has 1 fully saturated rings. The smallest absolute Gasteiger partial charge is 0.233 e. The van der Waals surface area contributed by atoms with Gasteiger partial charge in [0, 0.05) is 18.9 Å². The average molecular weight is 289 g/mol. The number of carbonyl (C=O) groups is 2. The summed E-state index contributed by atoms with van der Waals surface area (Å²) in [5.74, 6) is -0.463. The van der Waals surface area contributed by atoms with Crippen molar-refractivity contribution < 1.29 is 9.59 Å². The molecule has 2 aromatic carbocycles. The van der Waals surface area contributed by atoms with Gasteiger partial charge in [0.05, 0.1) is 11.8 Å². The molecule has 108 valence electrons. The quantitative estimate of drug-likeness (QED) is 0.699. The molecule has 2 amide bonds. The Kier molecular flexibility index (Phi) is 2.13. The Morgan fingerprint density at radius 3 is 1.32 bits per heavy atom. The normalized spacial score (nSPS) is 31.0. The zero-order chi connectivity index (χ0) is 15.0. The summed E-state index contributed by atoms with van der Waals surface area (Å²) in [4.78, 5) is 26.7. The molecule has 22 heavy (non-hydrogen) atoms. The second-order valence-electron chi connectivity index (χ2n) is 6.50. The summed E-state index contributed by atoms with van der Waals surface area (Å²) < 4.78 is 0. The summed E-state index contributed by atoms with van der Waals surface area (Å²) >= 11 is 0. The molecule has 2 aromatic rings. The van der Waals surface area contributed by atoms with Gasteiger partial charge in [0.2, 0.25) is 11.8 Å². The molecule has 1 heterocycles. The Labute approximate surface area is 128 Å². The van der Waals surface area contributed by atoms with Gasteiger partial charge < -0.3 is 0 Å². The second-order valence-corrected chi connectivity index (χ2v) is 6.50. The SMILES string of the molecule is CN1C(=O)[C@@H]2C3c4ccccc4C(c4ccccc43)[C@@H]2C1=O. The van der Waals surface area contributed by atoms with Gasteiger partial charge in [-0.1, -0.05) is 48.5 Å². The molecule has 0 aromatic heterocycles. The largest absolute Gasteiger partial charge is 0.285 e. The number of carbonyl (C=O) groups excluding carboxylic acids is 2. The van der Waals surface area contributed by atoms with Gasteiger partial charge in [-0.3, -0.25) is 14.5 Å². The van der Waals surface area contributed by atoms with Gasteiger partial charge >= 0.3 is 0 Å². The molecule has 6 rings (SSSR count). The van der Waals surface area contributed by atoms with Gasteiger partial charge in [-0.15, -0.1) is 0 Å². The summed E-state index contributed by atoms with van der Waals surface area (Å²) in [6, 6.07) is 16.6. The van der Waals surface area contributed by atoms with Crippen LogP contribution < -0.4 is 0 Å². The van der Waals surface area contributed by atoms with E-state index in [-0.39, 0.29) is 35.5 Å². The highest BCUT2D eigenvalue weighted by atomic mass is 16.2. The van der Waals surface area contributed by atoms with E-state index >= 15 is 0 Å². The predicted molar refractivity (Wildman–Crippen MR) is 81.3 cm³/mol. The van der Waals surface area contributed by atoms with Gasteiger partial charge in [-0.25, -0.2) is 0 Å². The van der Waals surface area contributed by atoms with E-state index in [9.17, 15) is 9.59 Å². The van der Waals surface area contributed by atoms with Gasteiger partial charge in [0.25, 0.3) is 0 Å². The Hall–Kier alpha value is -2.42. The molecule has 2 bridgehead atoms. The van der Waals surface area contributed by atoms with E-state index in [0.717, 1.165) is 0 Å². The summed E-state index contributed by atoms with van der Waals surface area (Å²) in [5.41, 5.74) is 4.90. The lowest BCUT2D eigenvalue weighted by Crippen LogP contribution is -2.41. The van der Waals surface area contributed by atoms with Crippen molar-refractivity contribution in [1.29, 1.82) is 0 Å². The first kappa shape index (κ1) is 12.2. The van der Waals surface area contributed by atoms with E-state index in [2.05, 4.69) is 24.3 Å². The number of rotatable bonds is 0. The first-order valence-electron chi connectivity index (χ1n) is 7.69. The monoisotopic (exact) mass is 289 g/mol. The summed E-state index contributed by atoms with van der Waals surface area (Å²) in [5, 5.41) is 0. The number of likely N-dealkylation sites (tertiary alicyclic amines) is 1. The standard InChI is InChI=1S/C19H15NO2/c1-20-18(21)16-14-10-6-2-3-7-11(10)15(17(16)19(20)22)13-9-5-4-8-12(13)14/h2-9,14-17H,1H3/t14?,15?,16-,17+. The molecule has 0 saturated carbocycles. The van der Waals surface area contributed by atoms with Crippen molar-refractivity contribution in [2.45, 2.75) is 11.8 Å². The van der Waals surface area contributed by atoms with Crippen LogP contribution in [0.15, 0.2) is 48.5 Å². The third-order valence-electron chi connectivity index (χ3n) is 5.67. The van der Waals surface area contributed by atoms with Crippen molar-refractivity contribution in [3.8, 4) is 0 Å². The first-order chi connectivity index (χ1) is 10.7. The number of hydrogen-bond donors (Lipinski definition) is 0. The van der Waals surface area contributed by atoms with E-state index < -0.39 is 0 Å². The van der Waals surface area contributed by atoms with E-state index in [0.29, 0.717) is 0 Å². The summed E-state index contributed by atoms with van der Waals surface area (Å²) in [7, 11) is 1.62. The maximum atomic E-state index is 12.7. The average Bonchev–Trinajstić information content (AvgIpc) is 2.80. The van der Waals surface area contributed by atoms with Crippen LogP contribution in [-0.2, 0) is 9.59 Å². The van der Waals surface area contributed by atoms with Gasteiger partial charge in [0.1, 0.15) is 0 Å². The topological polar surface area (TPSA) is 37.4 Å².